The van der Waals surface area contributed by atoms with Crippen LogP contribution in [0.1, 0.15) is 25.5 Å². The van der Waals surface area contributed by atoms with Crippen molar-refractivity contribution < 1.29 is 4.42 Å². The molecule has 1 fully saturated rings. The highest BCUT2D eigenvalue weighted by Gasteiger charge is 2.21. The lowest BCUT2D eigenvalue weighted by molar-refractivity contribution is 0.456. The van der Waals surface area contributed by atoms with Gasteiger partial charge in [-0.3, -0.25) is 0 Å². The van der Waals surface area contributed by atoms with E-state index < -0.39 is 0 Å². The monoisotopic (exact) mass is 368 g/mol. The minimum atomic E-state index is 0.380. The summed E-state index contributed by atoms with van der Waals surface area (Å²) in [5.41, 5.74) is 1.04. The number of nitrogens with zero attached hydrogens (tertiary/aromatic N) is 4. The number of hydrogen-bond acceptors (Lipinski definition) is 5. The Bertz CT molecular complexity index is 720. The first-order chi connectivity index (χ1) is 13.2. The highest BCUT2D eigenvalue weighted by molar-refractivity contribution is 5.80. The quantitative estimate of drug-likeness (QED) is 0.444. The summed E-state index contributed by atoms with van der Waals surface area (Å²) >= 11 is 0. The van der Waals surface area contributed by atoms with Crippen LogP contribution in [-0.4, -0.2) is 48.1 Å². The number of guanidine groups is 1. The third kappa shape index (κ3) is 6.13. The van der Waals surface area contributed by atoms with E-state index in [0.717, 1.165) is 62.1 Å². The van der Waals surface area contributed by atoms with Gasteiger partial charge in [0.25, 0.3) is 0 Å². The molecular weight excluding hydrogens is 340 g/mol. The maximum atomic E-state index is 5.39. The van der Waals surface area contributed by atoms with Gasteiger partial charge in [0.15, 0.2) is 5.96 Å². The summed E-state index contributed by atoms with van der Waals surface area (Å²) in [6.07, 6.45) is 8.14. The molecule has 2 aromatic heterocycles. The summed E-state index contributed by atoms with van der Waals surface area (Å²) in [6.45, 7) is 9.18. The van der Waals surface area contributed by atoms with Crippen molar-refractivity contribution in [2.45, 2.75) is 32.2 Å². The van der Waals surface area contributed by atoms with Crippen molar-refractivity contribution in [1.82, 2.24) is 20.6 Å². The van der Waals surface area contributed by atoms with Gasteiger partial charge in [-0.25, -0.2) is 15.0 Å². The van der Waals surface area contributed by atoms with Crippen LogP contribution in [0.25, 0.3) is 0 Å². The Morgan fingerprint density at radius 2 is 2.07 bits per heavy atom. The van der Waals surface area contributed by atoms with Crippen LogP contribution in [0.2, 0.25) is 0 Å². The van der Waals surface area contributed by atoms with E-state index in [2.05, 4.69) is 37.1 Å². The molecule has 1 saturated heterocycles. The Hall–Kier alpha value is -2.83. The first-order valence-electron chi connectivity index (χ1n) is 9.44. The minimum Gasteiger partial charge on any atom is -0.469 e. The molecule has 0 radical (unpaired) electrons. The summed E-state index contributed by atoms with van der Waals surface area (Å²) in [6, 6.07) is 6.12. The second-order valence-corrected chi connectivity index (χ2v) is 6.83. The molecule has 0 saturated carbocycles. The number of furan rings is 1. The zero-order chi connectivity index (χ0) is 18.9. The Morgan fingerprint density at radius 3 is 2.74 bits per heavy atom. The SMILES string of the molecule is C=C(C)CN=C(NCCc1ccco1)NC1CCN(c2ncccn2)CC1. The van der Waals surface area contributed by atoms with E-state index in [0.29, 0.717) is 12.6 Å². The Balaban J connectivity index is 1.49. The van der Waals surface area contributed by atoms with Crippen molar-refractivity contribution in [2.75, 3.05) is 31.1 Å². The van der Waals surface area contributed by atoms with Crippen molar-refractivity contribution in [2.24, 2.45) is 4.99 Å². The number of nitrogens with one attached hydrogen (secondary N) is 2. The van der Waals surface area contributed by atoms with Crippen LogP contribution >= 0.6 is 0 Å². The first-order valence-corrected chi connectivity index (χ1v) is 9.44. The fourth-order valence-corrected chi connectivity index (χ4v) is 3.00. The van der Waals surface area contributed by atoms with Gasteiger partial charge in [-0.2, -0.15) is 0 Å². The number of aromatic nitrogens is 2. The lowest BCUT2D eigenvalue weighted by atomic mass is 10.1. The predicted octanol–water partition coefficient (Wildman–Crippen LogP) is 2.39. The smallest absolute Gasteiger partial charge is 0.225 e. The number of aliphatic imine (C=N–C) groups is 1. The van der Waals surface area contributed by atoms with Crippen molar-refractivity contribution in [3.63, 3.8) is 0 Å². The lowest BCUT2D eigenvalue weighted by Gasteiger charge is -2.33. The molecule has 3 rings (SSSR count). The summed E-state index contributed by atoms with van der Waals surface area (Å²) in [7, 11) is 0. The number of piperidine rings is 1. The molecule has 1 aliphatic heterocycles. The zero-order valence-electron chi connectivity index (χ0n) is 15.9. The van der Waals surface area contributed by atoms with Crippen LogP contribution in [-0.2, 0) is 6.42 Å². The van der Waals surface area contributed by atoms with Crippen LogP contribution in [0.5, 0.6) is 0 Å². The van der Waals surface area contributed by atoms with E-state index >= 15 is 0 Å². The summed E-state index contributed by atoms with van der Waals surface area (Å²) < 4.78 is 5.39. The van der Waals surface area contributed by atoms with Crippen molar-refractivity contribution >= 4 is 11.9 Å². The van der Waals surface area contributed by atoms with E-state index in [4.69, 9.17) is 4.42 Å². The summed E-state index contributed by atoms with van der Waals surface area (Å²) in [5, 5.41) is 6.97. The van der Waals surface area contributed by atoms with Gasteiger partial charge in [0, 0.05) is 44.5 Å². The van der Waals surface area contributed by atoms with E-state index in [1.807, 2.05) is 25.1 Å². The second kappa shape index (κ2) is 9.75. The normalized spacial score (nSPS) is 15.6. The zero-order valence-corrected chi connectivity index (χ0v) is 15.9. The third-order valence-corrected chi connectivity index (χ3v) is 4.42. The molecule has 2 aromatic rings. The molecule has 0 unspecified atom stereocenters. The number of rotatable bonds is 7. The van der Waals surface area contributed by atoms with Crippen LogP contribution in [0.15, 0.2) is 58.4 Å². The molecule has 7 heteroatoms. The molecule has 7 nitrogen and oxygen atoms in total. The third-order valence-electron chi connectivity index (χ3n) is 4.42. The molecule has 0 atom stereocenters. The van der Waals surface area contributed by atoms with Gasteiger partial charge in [0.05, 0.1) is 12.8 Å². The molecule has 27 heavy (non-hydrogen) atoms. The van der Waals surface area contributed by atoms with Crippen LogP contribution < -0.4 is 15.5 Å². The van der Waals surface area contributed by atoms with Crippen LogP contribution in [0.3, 0.4) is 0 Å². The van der Waals surface area contributed by atoms with Gasteiger partial charge < -0.3 is 20.0 Å². The summed E-state index contributed by atoms with van der Waals surface area (Å²) in [5.74, 6) is 2.61. The molecule has 0 aromatic carbocycles. The molecule has 0 amide bonds. The molecule has 144 valence electrons. The van der Waals surface area contributed by atoms with Gasteiger partial charge >= 0.3 is 0 Å². The Morgan fingerprint density at radius 1 is 1.30 bits per heavy atom. The lowest BCUT2D eigenvalue weighted by Crippen LogP contribution is -2.49. The van der Waals surface area contributed by atoms with Gasteiger partial charge in [0.1, 0.15) is 5.76 Å². The molecule has 0 bridgehead atoms. The van der Waals surface area contributed by atoms with Crippen molar-refractivity contribution in [3.05, 3.63) is 54.8 Å². The maximum absolute atomic E-state index is 5.39. The minimum absolute atomic E-state index is 0.380. The van der Waals surface area contributed by atoms with Crippen LogP contribution in [0, 0.1) is 0 Å². The molecule has 1 aliphatic rings. The fraction of sp³-hybridized carbons (Fsp3) is 0.450. The molecule has 0 spiro atoms. The molecule has 2 N–H and O–H groups in total. The average Bonchev–Trinajstić information content (AvgIpc) is 3.21. The second-order valence-electron chi connectivity index (χ2n) is 6.83. The average molecular weight is 368 g/mol. The van der Waals surface area contributed by atoms with Crippen molar-refractivity contribution in [1.29, 1.82) is 0 Å². The predicted molar refractivity (Wildman–Crippen MR) is 108 cm³/mol. The Kier molecular flexibility index (Phi) is 6.84. The number of hydrogen-bond donors (Lipinski definition) is 2. The largest absolute Gasteiger partial charge is 0.469 e. The maximum Gasteiger partial charge on any atom is 0.225 e. The molecular formula is C20H28N6O. The van der Waals surface area contributed by atoms with Gasteiger partial charge in [-0.1, -0.05) is 12.2 Å². The summed E-state index contributed by atoms with van der Waals surface area (Å²) in [4.78, 5) is 15.6. The topological polar surface area (TPSA) is 78.6 Å². The molecule has 0 aliphatic carbocycles. The van der Waals surface area contributed by atoms with E-state index in [-0.39, 0.29) is 0 Å². The highest BCUT2D eigenvalue weighted by Crippen LogP contribution is 2.15. The van der Waals surface area contributed by atoms with Gasteiger partial charge in [0.2, 0.25) is 5.95 Å². The first kappa shape index (κ1) is 18.9. The van der Waals surface area contributed by atoms with E-state index in [9.17, 15) is 0 Å². The van der Waals surface area contributed by atoms with E-state index in [1.54, 1.807) is 18.7 Å². The highest BCUT2D eigenvalue weighted by atomic mass is 16.3. The fourth-order valence-electron chi connectivity index (χ4n) is 3.00. The van der Waals surface area contributed by atoms with Crippen molar-refractivity contribution in [3.8, 4) is 0 Å². The van der Waals surface area contributed by atoms with Crippen LogP contribution in [0.4, 0.5) is 5.95 Å². The molecule has 3 heterocycles. The van der Waals surface area contributed by atoms with Gasteiger partial charge in [-0.15, -0.1) is 0 Å². The standard InChI is InChI=1S/C20H28N6O/c1-16(2)15-24-19(21-11-6-18-5-3-14-27-18)25-17-7-12-26(13-8-17)20-22-9-4-10-23-20/h3-5,9-10,14,17H,1,6-8,11-13,15H2,2H3,(H2,21,24,25). The Labute approximate surface area is 160 Å². The number of anilines is 1. The van der Waals surface area contributed by atoms with E-state index in [1.165, 1.54) is 0 Å². The van der Waals surface area contributed by atoms with Gasteiger partial charge in [-0.05, 0) is 38.0 Å².